The summed E-state index contributed by atoms with van der Waals surface area (Å²) in [6.45, 7) is 3.94. The number of amides is 1. The third-order valence-corrected chi connectivity index (χ3v) is 4.12. The number of nitrogens with one attached hydrogen (secondary N) is 1. The van der Waals surface area contributed by atoms with Gasteiger partial charge in [-0.15, -0.1) is 0 Å². The lowest BCUT2D eigenvalue weighted by molar-refractivity contribution is -0.112. The molecule has 25 heavy (non-hydrogen) atoms. The molecule has 1 amide bonds. The Kier molecular flexibility index (Phi) is 6.99. The van der Waals surface area contributed by atoms with Crippen molar-refractivity contribution in [3.05, 3.63) is 75.2 Å². The molecule has 0 aliphatic rings. The summed E-state index contributed by atoms with van der Waals surface area (Å²) in [5.41, 5.74) is 1.20. The van der Waals surface area contributed by atoms with Gasteiger partial charge in [0.1, 0.15) is 24.0 Å². The smallest absolute Gasteiger partial charge is 0.266 e. The molecule has 0 spiro atoms. The molecule has 0 aliphatic heterocycles. The number of rotatable bonds is 6. The van der Waals surface area contributed by atoms with Crippen LogP contribution in [0.4, 0.5) is 5.69 Å². The predicted octanol–water partition coefficient (Wildman–Crippen LogP) is 5.32. The first kappa shape index (κ1) is 19.0. The number of benzene rings is 2. The summed E-state index contributed by atoms with van der Waals surface area (Å²) in [6.07, 6.45) is 3.12. The second kappa shape index (κ2) is 9.21. The van der Waals surface area contributed by atoms with Gasteiger partial charge in [-0.3, -0.25) is 4.79 Å². The Morgan fingerprint density at radius 2 is 1.88 bits per heavy atom. The summed E-state index contributed by atoms with van der Waals surface area (Å²) in [7, 11) is 0. The van der Waals surface area contributed by atoms with Gasteiger partial charge in [0.2, 0.25) is 0 Å². The molecule has 6 heteroatoms. The molecule has 0 aromatic heterocycles. The van der Waals surface area contributed by atoms with Crippen LogP contribution < -0.4 is 10.1 Å². The highest BCUT2D eigenvalue weighted by molar-refractivity contribution is 9.10. The number of carbonyl (C=O) groups excluding carboxylic acids is 1. The summed E-state index contributed by atoms with van der Waals surface area (Å²) >= 11 is 6.71. The van der Waals surface area contributed by atoms with Gasteiger partial charge < -0.3 is 10.1 Å². The normalized spacial score (nSPS) is 10.7. The predicted molar refractivity (Wildman–Crippen MR) is 106 cm³/mol. The Balaban J connectivity index is 2.28. The lowest BCUT2D eigenvalue weighted by Gasteiger charge is -2.09. The van der Waals surface area contributed by atoms with Crippen LogP contribution in [0.5, 0.6) is 5.75 Å². The van der Waals surface area contributed by atoms with Crippen molar-refractivity contribution in [2.24, 2.45) is 0 Å². The van der Waals surface area contributed by atoms with Crippen molar-refractivity contribution in [2.75, 3.05) is 11.9 Å². The summed E-state index contributed by atoms with van der Waals surface area (Å²) in [5, 5.41) is 12.1. The molecule has 0 heterocycles. The molecular formula is C19H14Br2N2O2. The zero-order valence-corrected chi connectivity index (χ0v) is 16.3. The Bertz CT molecular complexity index is 853. The fourth-order valence-corrected chi connectivity index (χ4v) is 2.59. The fourth-order valence-electron chi connectivity index (χ4n) is 1.95. The number of hydrogen-bond donors (Lipinski definition) is 1. The van der Waals surface area contributed by atoms with Crippen molar-refractivity contribution in [3.63, 3.8) is 0 Å². The first-order valence-electron chi connectivity index (χ1n) is 7.25. The molecular weight excluding hydrogens is 448 g/mol. The van der Waals surface area contributed by atoms with Crippen LogP contribution in [0.1, 0.15) is 5.56 Å². The molecule has 2 aromatic carbocycles. The van der Waals surface area contributed by atoms with Crippen molar-refractivity contribution in [2.45, 2.75) is 0 Å². The summed E-state index contributed by atoms with van der Waals surface area (Å²) < 4.78 is 7.29. The summed E-state index contributed by atoms with van der Waals surface area (Å²) in [6, 6.07) is 14.4. The van der Waals surface area contributed by atoms with Gasteiger partial charge in [0, 0.05) is 20.2 Å². The second-order valence-corrected chi connectivity index (χ2v) is 6.74. The van der Waals surface area contributed by atoms with Crippen molar-refractivity contribution >= 4 is 49.5 Å². The van der Waals surface area contributed by atoms with E-state index in [-0.39, 0.29) is 5.57 Å². The molecule has 0 saturated carbocycles. The van der Waals surface area contributed by atoms with Crippen molar-refractivity contribution < 1.29 is 9.53 Å². The lowest BCUT2D eigenvalue weighted by atomic mass is 10.1. The fraction of sp³-hybridized carbons (Fsp3) is 0.0526. The summed E-state index contributed by atoms with van der Waals surface area (Å²) in [4.78, 5) is 12.4. The first-order chi connectivity index (χ1) is 12.0. The van der Waals surface area contributed by atoms with E-state index in [1.807, 2.05) is 12.1 Å². The van der Waals surface area contributed by atoms with Crippen LogP contribution in [0.15, 0.2) is 69.6 Å². The Labute approximate surface area is 163 Å². The quantitative estimate of drug-likeness (QED) is 0.359. The molecule has 2 rings (SSSR count). The topological polar surface area (TPSA) is 62.1 Å². The maximum Gasteiger partial charge on any atom is 0.266 e. The lowest BCUT2D eigenvalue weighted by Crippen LogP contribution is -2.13. The molecule has 0 aliphatic carbocycles. The highest BCUT2D eigenvalue weighted by atomic mass is 79.9. The molecule has 0 saturated heterocycles. The van der Waals surface area contributed by atoms with Crippen LogP contribution in [0.3, 0.4) is 0 Å². The maximum atomic E-state index is 12.4. The Hall–Kier alpha value is -2.36. The van der Waals surface area contributed by atoms with Crippen LogP contribution in [0.2, 0.25) is 0 Å². The number of ether oxygens (including phenoxy) is 1. The number of nitrogens with zero attached hydrogens (tertiary/aromatic N) is 1. The van der Waals surface area contributed by atoms with Crippen LogP contribution in [0.25, 0.3) is 6.08 Å². The minimum Gasteiger partial charge on any atom is -0.489 e. The van der Waals surface area contributed by atoms with Gasteiger partial charge in [-0.05, 0) is 48.5 Å². The largest absolute Gasteiger partial charge is 0.489 e. The van der Waals surface area contributed by atoms with E-state index >= 15 is 0 Å². The van der Waals surface area contributed by atoms with Gasteiger partial charge in [-0.1, -0.05) is 44.5 Å². The number of anilines is 1. The molecule has 1 N–H and O–H groups in total. The van der Waals surface area contributed by atoms with Gasteiger partial charge in [-0.2, -0.15) is 5.26 Å². The van der Waals surface area contributed by atoms with E-state index in [0.29, 0.717) is 23.6 Å². The van der Waals surface area contributed by atoms with Crippen LogP contribution in [0, 0.1) is 11.3 Å². The molecule has 2 aromatic rings. The van der Waals surface area contributed by atoms with Gasteiger partial charge >= 0.3 is 0 Å². The molecule has 0 atom stereocenters. The molecule has 126 valence electrons. The van der Waals surface area contributed by atoms with E-state index in [9.17, 15) is 10.1 Å². The third-order valence-electron chi connectivity index (χ3n) is 3.10. The summed E-state index contributed by atoms with van der Waals surface area (Å²) in [5.74, 6) is 0.0757. The minimum atomic E-state index is -0.487. The Morgan fingerprint density at radius 3 is 2.52 bits per heavy atom. The van der Waals surface area contributed by atoms with E-state index in [1.54, 1.807) is 42.5 Å². The average molecular weight is 462 g/mol. The zero-order valence-electron chi connectivity index (χ0n) is 13.1. The number of carbonyl (C=O) groups is 1. The minimum absolute atomic E-state index is 0.0236. The van der Waals surface area contributed by atoms with Gasteiger partial charge in [-0.25, -0.2) is 0 Å². The molecule has 0 fully saturated rings. The number of nitriles is 1. The monoisotopic (exact) mass is 460 g/mol. The molecule has 0 radical (unpaired) electrons. The van der Waals surface area contributed by atoms with E-state index in [1.165, 1.54) is 6.08 Å². The third kappa shape index (κ3) is 5.59. The maximum absolute atomic E-state index is 12.4. The van der Waals surface area contributed by atoms with Crippen molar-refractivity contribution in [3.8, 4) is 11.8 Å². The highest BCUT2D eigenvalue weighted by Crippen LogP contribution is 2.26. The van der Waals surface area contributed by atoms with E-state index in [4.69, 9.17) is 4.74 Å². The van der Waals surface area contributed by atoms with Gasteiger partial charge in [0.25, 0.3) is 5.91 Å². The molecule has 4 nitrogen and oxygen atoms in total. The van der Waals surface area contributed by atoms with E-state index in [2.05, 4.69) is 43.8 Å². The van der Waals surface area contributed by atoms with Crippen molar-refractivity contribution in [1.82, 2.24) is 0 Å². The van der Waals surface area contributed by atoms with E-state index < -0.39 is 5.91 Å². The highest BCUT2D eigenvalue weighted by Gasteiger charge is 2.12. The SMILES string of the molecule is C=CCOc1ccc(Br)cc1/C=C(\C#N)C(=O)Nc1ccc(Br)cc1. The average Bonchev–Trinajstić information content (AvgIpc) is 2.60. The van der Waals surface area contributed by atoms with Crippen LogP contribution >= 0.6 is 31.9 Å². The zero-order chi connectivity index (χ0) is 18.2. The number of halogens is 2. The molecule has 0 bridgehead atoms. The number of hydrogen-bond acceptors (Lipinski definition) is 3. The van der Waals surface area contributed by atoms with Crippen LogP contribution in [-0.2, 0) is 4.79 Å². The van der Waals surface area contributed by atoms with Crippen molar-refractivity contribution in [1.29, 1.82) is 5.26 Å². The van der Waals surface area contributed by atoms with Gasteiger partial charge in [0.15, 0.2) is 0 Å². The van der Waals surface area contributed by atoms with Crippen LogP contribution in [-0.4, -0.2) is 12.5 Å². The van der Waals surface area contributed by atoms with E-state index in [0.717, 1.165) is 8.95 Å². The molecule has 0 unspecified atom stereocenters. The first-order valence-corrected chi connectivity index (χ1v) is 8.84. The van der Waals surface area contributed by atoms with Gasteiger partial charge in [0.05, 0.1) is 0 Å². The standard InChI is InChI=1S/C19H14Br2N2O2/c1-2-9-25-18-8-5-16(21)11-13(18)10-14(12-22)19(24)23-17-6-3-15(20)4-7-17/h2-8,10-11H,1,9H2,(H,23,24)/b14-10+. The Morgan fingerprint density at radius 1 is 1.20 bits per heavy atom. The second-order valence-electron chi connectivity index (χ2n) is 4.91.